The molecule has 1 N–H and O–H groups in total. The minimum atomic E-state index is -0.767. The maximum absolute atomic E-state index is 10.7. The van der Waals surface area contributed by atoms with E-state index in [1.54, 1.807) is 13.0 Å². The predicted octanol–water partition coefficient (Wildman–Crippen LogP) is 1.81. The summed E-state index contributed by atoms with van der Waals surface area (Å²) in [5, 5.41) is 17.4. The molecular formula is C10H13NO2. The third-order valence-electron chi connectivity index (χ3n) is 2.78. The standard InChI is InChI=1S/C10H13NO2/c1-6(5-11)4-7-8(9(12)13)10(7,2)3/h4,7-8H,1-3H3,(H,12,13)/t7-,8-/m1/s1. The summed E-state index contributed by atoms with van der Waals surface area (Å²) in [6, 6.07) is 2.00. The van der Waals surface area contributed by atoms with Gasteiger partial charge in [0.2, 0.25) is 0 Å². The van der Waals surface area contributed by atoms with E-state index in [2.05, 4.69) is 0 Å². The molecule has 3 heteroatoms. The quantitative estimate of drug-likeness (QED) is 0.657. The van der Waals surface area contributed by atoms with Gasteiger partial charge in [-0.2, -0.15) is 5.26 Å². The van der Waals surface area contributed by atoms with Crippen molar-refractivity contribution in [3.63, 3.8) is 0 Å². The number of carboxylic acid groups (broad SMARTS) is 1. The smallest absolute Gasteiger partial charge is 0.307 e. The third kappa shape index (κ3) is 1.57. The van der Waals surface area contributed by atoms with E-state index in [9.17, 15) is 4.79 Å². The van der Waals surface area contributed by atoms with Crippen LogP contribution in [0.5, 0.6) is 0 Å². The van der Waals surface area contributed by atoms with Gasteiger partial charge in [0.25, 0.3) is 0 Å². The molecule has 0 aromatic heterocycles. The molecule has 3 nitrogen and oxygen atoms in total. The zero-order valence-electron chi connectivity index (χ0n) is 8.03. The van der Waals surface area contributed by atoms with Gasteiger partial charge in [-0.25, -0.2) is 0 Å². The van der Waals surface area contributed by atoms with E-state index in [0.717, 1.165) is 0 Å². The molecule has 2 atom stereocenters. The van der Waals surface area contributed by atoms with Crippen LogP contribution in [0.15, 0.2) is 11.6 Å². The predicted molar refractivity (Wildman–Crippen MR) is 47.8 cm³/mol. The number of hydrogen-bond donors (Lipinski definition) is 1. The van der Waals surface area contributed by atoms with Gasteiger partial charge >= 0.3 is 5.97 Å². The van der Waals surface area contributed by atoms with Crippen molar-refractivity contribution >= 4 is 5.97 Å². The van der Waals surface area contributed by atoms with Gasteiger partial charge in [0, 0.05) is 5.57 Å². The molecule has 0 unspecified atom stereocenters. The molecule has 0 aliphatic heterocycles. The number of carboxylic acids is 1. The fourth-order valence-electron chi connectivity index (χ4n) is 1.77. The summed E-state index contributed by atoms with van der Waals surface area (Å²) in [7, 11) is 0. The summed E-state index contributed by atoms with van der Waals surface area (Å²) >= 11 is 0. The topological polar surface area (TPSA) is 61.1 Å². The van der Waals surface area contributed by atoms with Crippen LogP contribution >= 0.6 is 0 Å². The summed E-state index contributed by atoms with van der Waals surface area (Å²) < 4.78 is 0. The first-order chi connectivity index (χ1) is 5.91. The second-order valence-electron chi connectivity index (χ2n) is 4.12. The summed E-state index contributed by atoms with van der Waals surface area (Å²) in [6.07, 6.45) is 1.76. The van der Waals surface area contributed by atoms with Crippen molar-refractivity contribution in [1.29, 1.82) is 5.26 Å². The number of carbonyl (C=O) groups is 1. The lowest BCUT2D eigenvalue weighted by Gasteiger charge is -1.96. The molecule has 0 aromatic rings. The van der Waals surface area contributed by atoms with Crippen molar-refractivity contribution in [2.24, 2.45) is 17.3 Å². The van der Waals surface area contributed by atoms with Crippen LogP contribution in [0.1, 0.15) is 20.8 Å². The Kier molecular flexibility index (Phi) is 2.17. The van der Waals surface area contributed by atoms with Crippen molar-refractivity contribution in [1.82, 2.24) is 0 Å². The molecule has 13 heavy (non-hydrogen) atoms. The molecule has 0 heterocycles. The van der Waals surface area contributed by atoms with Crippen molar-refractivity contribution in [2.75, 3.05) is 0 Å². The number of allylic oxidation sites excluding steroid dienone is 2. The maximum atomic E-state index is 10.7. The largest absolute Gasteiger partial charge is 0.481 e. The summed E-state index contributed by atoms with van der Waals surface area (Å²) in [5.74, 6) is -1.07. The van der Waals surface area contributed by atoms with Gasteiger partial charge in [0.15, 0.2) is 0 Å². The first-order valence-electron chi connectivity index (χ1n) is 4.22. The molecule has 0 bridgehead atoms. The average Bonchev–Trinajstić information content (AvgIpc) is 2.53. The number of hydrogen-bond acceptors (Lipinski definition) is 2. The Balaban J connectivity index is 2.79. The molecule has 0 radical (unpaired) electrons. The molecule has 1 aliphatic rings. The van der Waals surface area contributed by atoms with Crippen LogP contribution in [-0.2, 0) is 4.79 Å². The zero-order chi connectivity index (χ0) is 10.2. The summed E-state index contributed by atoms with van der Waals surface area (Å²) in [6.45, 7) is 5.53. The normalized spacial score (nSPS) is 30.8. The molecule has 1 fully saturated rings. The maximum Gasteiger partial charge on any atom is 0.307 e. The summed E-state index contributed by atoms with van der Waals surface area (Å²) in [4.78, 5) is 10.7. The highest BCUT2D eigenvalue weighted by atomic mass is 16.4. The molecule has 0 aromatic carbocycles. The third-order valence-corrected chi connectivity index (χ3v) is 2.78. The lowest BCUT2D eigenvalue weighted by atomic mass is 10.1. The van der Waals surface area contributed by atoms with E-state index in [-0.39, 0.29) is 17.3 Å². The Morgan fingerprint density at radius 2 is 2.15 bits per heavy atom. The van der Waals surface area contributed by atoms with Gasteiger partial charge in [-0.3, -0.25) is 4.79 Å². The fraction of sp³-hybridized carbons (Fsp3) is 0.600. The minimum absolute atomic E-state index is 0.0182. The highest BCUT2D eigenvalue weighted by Gasteiger charge is 2.60. The molecule has 0 amide bonds. The van der Waals surface area contributed by atoms with Gasteiger partial charge in [0.05, 0.1) is 12.0 Å². The lowest BCUT2D eigenvalue weighted by Crippen LogP contribution is -2.03. The highest BCUT2D eigenvalue weighted by molar-refractivity contribution is 5.76. The molecule has 70 valence electrons. The van der Waals surface area contributed by atoms with Gasteiger partial charge in [-0.15, -0.1) is 0 Å². The highest BCUT2D eigenvalue weighted by Crippen LogP contribution is 2.59. The van der Waals surface area contributed by atoms with E-state index >= 15 is 0 Å². The van der Waals surface area contributed by atoms with E-state index in [1.165, 1.54) is 0 Å². The molecule has 1 aliphatic carbocycles. The van der Waals surface area contributed by atoms with E-state index in [0.29, 0.717) is 5.57 Å². The van der Waals surface area contributed by atoms with Crippen LogP contribution in [0, 0.1) is 28.6 Å². The van der Waals surface area contributed by atoms with Gasteiger partial charge in [-0.05, 0) is 18.3 Å². The SMILES string of the molecule is CC(C#N)=C[C@@H]1[C@H](C(=O)O)C1(C)C. The monoisotopic (exact) mass is 179 g/mol. The van der Waals surface area contributed by atoms with Crippen LogP contribution < -0.4 is 0 Å². The zero-order valence-corrected chi connectivity index (χ0v) is 8.03. The Hall–Kier alpha value is -1.30. The van der Waals surface area contributed by atoms with E-state index < -0.39 is 5.97 Å². The van der Waals surface area contributed by atoms with Gasteiger partial charge in [0.1, 0.15) is 0 Å². The number of nitriles is 1. The fourth-order valence-corrected chi connectivity index (χ4v) is 1.77. The minimum Gasteiger partial charge on any atom is -0.481 e. The second kappa shape index (κ2) is 2.88. The Bertz CT molecular complexity index is 309. The molecule has 1 saturated carbocycles. The van der Waals surface area contributed by atoms with Gasteiger partial charge < -0.3 is 5.11 Å². The number of aliphatic carboxylic acids is 1. The number of nitrogens with zero attached hydrogens (tertiary/aromatic N) is 1. The molecular weight excluding hydrogens is 166 g/mol. The first-order valence-corrected chi connectivity index (χ1v) is 4.22. The molecule has 1 rings (SSSR count). The van der Waals surface area contributed by atoms with Crippen LogP contribution in [0.25, 0.3) is 0 Å². The van der Waals surface area contributed by atoms with Crippen LogP contribution in [-0.4, -0.2) is 11.1 Å². The Morgan fingerprint density at radius 3 is 2.46 bits per heavy atom. The first kappa shape index (κ1) is 9.79. The Morgan fingerprint density at radius 1 is 1.62 bits per heavy atom. The second-order valence-corrected chi connectivity index (χ2v) is 4.12. The summed E-state index contributed by atoms with van der Waals surface area (Å²) in [5.41, 5.74) is 0.408. The average molecular weight is 179 g/mol. The molecule has 0 spiro atoms. The molecule has 0 saturated heterocycles. The van der Waals surface area contributed by atoms with Crippen molar-refractivity contribution in [3.05, 3.63) is 11.6 Å². The van der Waals surface area contributed by atoms with E-state index in [4.69, 9.17) is 10.4 Å². The lowest BCUT2D eigenvalue weighted by molar-refractivity contribution is -0.139. The van der Waals surface area contributed by atoms with Crippen molar-refractivity contribution < 1.29 is 9.90 Å². The van der Waals surface area contributed by atoms with Gasteiger partial charge in [-0.1, -0.05) is 19.9 Å². The van der Waals surface area contributed by atoms with E-state index in [1.807, 2.05) is 19.9 Å². The number of rotatable bonds is 2. The van der Waals surface area contributed by atoms with Crippen molar-refractivity contribution in [3.8, 4) is 6.07 Å². The Labute approximate surface area is 77.7 Å². The van der Waals surface area contributed by atoms with Crippen LogP contribution in [0.4, 0.5) is 0 Å². The van der Waals surface area contributed by atoms with Crippen LogP contribution in [0.3, 0.4) is 0 Å². The van der Waals surface area contributed by atoms with Crippen LogP contribution in [0.2, 0.25) is 0 Å². The van der Waals surface area contributed by atoms with Crippen molar-refractivity contribution in [2.45, 2.75) is 20.8 Å².